The molecule has 0 aliphatic carbocycles. The third kappa shape index (κ3) is 4.82. The molecule has 1 aromatic heterocycles. The predicted octanol–water partition coefficient (Wildman–Crippen LogP) is 5.08. The number of rotatable bonds is 6. The van der Waals surface area contributed by atoms with Crippen molar-refractivity contribution in [3.8, 4) is 23.0 Å². The highest BCUT2D eigenvalue weighted by Gasteiger charge is 2.15. The van der Waals surface area contributed by atoms with Crippen molar-refractivity contribution in [1.82, 2.24) is 14.7 Å². The minimum Gasteiger partial charge on any atom is -0.338 e. The molecule has 32 heavy (non-hydrogen) atoms. The van der Waals surface area contributed by atoms with Crippen LogP contribution in [0.25, 0.3) is 23.0 Å². The SMILES string of the molecule is CN(Cc1cn(-c2ccccc2)nc1-c1ccccc1)C(=O)C=Cc1ccc(C#N)cc1. The van der Waals surface area contributed by atoms with Crippen LogP contribution in [0.1, 0.15) is 16.7 Å². The number of para-hydroxylation sites is 1. The largest absolute Gasteiger partial charge is 0.338 e. The van der Waals surface area contributed by atoms with Crippen LogP contribution in [-0.4, -0.2) is 27.6 Å². The number of aromatic nitrogens is 2. The van der Waals surface area contributed by atoms with Gasteiger partial charge in [-0.05, 0) is 35.9 Å². The molecule has 0 saturated heterocycles. The van der Waals surface area contributed by atoms with Crippen molar-refractivity contribution in [2.24, 2.45) is 0 Å². The highest BCUT2D eigenvalue weighted by molar-refractivity contribution is 5.91. The van der Waals surface area contributed by atoms with Crippen LogP contribution < -0.4 is 0 Å². The van der Waals surface area contributed by atoms with Gasteiger partial charge < -0.3 is 4.90 Å². The number of nitriles is 1. The average molecular weight is 419 g/mol. The molecule has 5 nitrogen and oxygen atoms in total. The summed E-state index contributed by atoms with van der Waals surface area (Å²) in [6.07, 6.45) is 5.28. The van der Waals surface area contributed by atoms with Gasteiger partial charge in [0.1, 0.15) is 0 Å². The maximum Gasteiger partial charge on any atom is 0.246 e. The normalized spacial score (nSPS) is 10.8. The van der Waals surface area contributed by atoms with E-state index in [1.807, 2.05) is 83.7 Å². The second kappa shape index (κ2) is 9.59. The fraction of sp³-hybridized carbons (Fsp3) is 0.0741. The molecule has 0 spiro atoms. The number of hydrogen-bond donors (Lipinski definition) is 0. The molecule has 0 fully saturated rings. The first-order valence-corrected chi connectivity index (χ1v) is 10.3. The van der Waals surface area contributed by atoms with E-state index in [0.29, 0.717) is 12.1 Å². The molecule has 1 heterocycles. The summed E-state index contributed by atoms with van der Waals surface area (Å²) in [7, 11) is 1.78. The molecule has 0 atom stereocenters. The summed E-state index contributed by atoms with van der Waals surface area (Å²) >= 11 is 0. The Morgan fingerprint density at radius 1 is 1.00 bits per heavy atom. The van der Waals surface area contributed by atoms with Gasteiger partial charge in [-0.2, -0.15) is 10.4 Å². The number of benzene rings is 3. The van der Waals surface area contributed by atoms with Gasteiger partial charge in [-0.15, -0.1) is 0 Å². The van der Waals surface area contributed by atoms with Gasteiger partial charge in [0.15, 0.2) is 0 Å². The molecule has 0 aliphatic heterocycles. The Hall–Kier alpha value is -4.43. The van der Waals surface area contributed by atoms with Crippen molar-refractivity contribution in [2.45, 2.75) is 6.54 Å². The van der Waals surface area contributed by atoms with Crippen LogP contribution in [0.3, 0.4) is 0 Å². The Balaban J connectivity index is 1.56. The summed E-state index contributed by atoms with van der Waals surface area (Å²) in [5.74, 6) is -0.110. The summed E-state index contributed by atoms with van der Waals surface area (Å²) in [5, 5.41) is 13.7. The lowest BCUT2D eigenvalue weighted by molar-refractivity contribution is -0.125. The van der Waals surface area contributed by atoms with Crippen molar-refractivity contribution in [3.05, 3.63) is 114 Å². The zero-order valence-corrected chi connectivity index (χ0v) is 17.7. The fourth-order valence-electron chi connectivity index (χ4n) is 3.37. The molecule has 0 bridgehead atoms. The number of carbonyl (C=O) groups excluding carboxylic acids is 1. The van der Waals surface area contributed by atoms with E-state index in [9.17, 15) is 4.79 Å². The first-order valence-electron chi connectivity index (χ1n) is 10.3. The minimum atomic E-state index is -0.110. The second-order valence-electron chi connectivity index (χ2n) is 7.41. The van der Waals surface area contributed by atoms with Crippen LogP contribution in [0, 0.1) is 11.3 Å². The van der Waals surface area contributed by atoms with E-state index in [4.69, 9.17) is 10.4 Å². The predicted molar refractivity (Wildman–Crippen MR) is 126 cm³/mol. The van der Waals surface area contributed by atoms with Crippen LogP contribution in [0.4, 0.5) is 0 Å². The standard InChI is InChI=1S/C27H22N4O/c1-30(26(32)17-16-21-12-14-22(18-28)15-13-21)19-24-20-31(25-10-6-3-7-11-25)29-27(24)23-8-4-2-5-9-23/h2-17,20H,19H2,1H3. The van der Waals surface area contributed by atoms with Crippen LogP contribution >= 0.6 is 0 Å². The van der Waals surface area contributed by atoms with E-state index in [-0.39, 0.29) is 5.91 Å². The van der Waals surface area contributed by atoms with Crippen LogP contribution in [0.5, 0.6) is 0 Å². The molecule has 4 aromatic rings. The quantitative estimate of drug-likeness (QED) is 0.410. The summed E-state index contributed by atoms with van der Waals surface area (Å²) in [6, 6.07) is 29.1. The van der Waals surface area contributed by atoms with Gasteiger partial charge in [0.25, 0.3) is 0 Å². The highest BCUT2D eigenvalue weighted by Crippen LogP contribution is 2.24. The Kier molecular flexibility index (Phi) is 6.24. The van der Waals surface area contributed by atoms with E-state index in [0.717, 1.165) is 28.1 Å². The van der Waals surface area contributed by atoms with E-state index in [1.165, 1.54) is 0 Å². The summed E-state index contributed by atoms with van der Waals surface area (Å²) < 4.78 is 1.85. The Bertz CT molecular complexity index is 1270. The number of nitrogens with zero attached hydrogens (tertiary/aromatic N) is 4. The summed E-state index contributed by atoms with van der Waals surface area (Å²) in [4.78, 5) is 14.4. The molecule has 1 amide bonds. The molecule has 0 saturated carbocycles. The van der Waals surface area contributed by atoms with Crippen LogP contribution in [0.2, 0.25) is 0 Å². The van der Waals surface area contributed by atoms with Gasteiger partial charge in [-0.3, -0.25) is 4.79 Å². The average Bonchev–Trinajstić information content (AvgIpc) is 3.27. The maximum absolute atomic E-state index is 12.7. The lowest BCUT2D eigenvalue weighted by atomic mass is 10.1. The molecule has 0 aliphatic rings. The van der Waals surface area contributed by atoms with E-state index >= 15 is 0 Å². The molecule has 5 heteroatoms. The maximum atomic E-state index is 12.7. The molecule has 0 radical (unpaired) electrons. The molecule has 156 valence electrons. The van der Waals surface area contributed by atoms with Crippen molar-refractivity contribution in [1.29, 1.82) is 5.26 Å². The van der Waals surface area contributed by atoms with Gasteiger partial charge in [0.05, 0.1) is 23.0 Å². The van der Waals surface area contributed by atoms with Gasteiger partial charge in [0.2, 0.25) is 5.91 Å². The van der Waals surface area contributed by atoms with Gasteiger partial charge >= 0.3 is 0 Å². The number of hydrogen-bond acceptors (Lipinski definition) is 3. The minimum absolute atomic E-state index is 0.110. The molecular weight excluding hydrogens is 396 g/mol. The Labute approximate surface area is 187 Å². The van der Waals surface area contributed by atoms with Gasteiger partial charge in [-0.25, -0.2) is 4.68 Å². The van der Waals surface area contributed by atoms with E-state index in [2.05, 4.69) is 6.07 Å². The zero-order chi connectivity index (χ0) is 22.3. The topological polar surface area (TPSA) is 61.9 Å². The van der Waals surface area contributed by atoms with Gasteiger partial charge in [0, 0.05) is 37.0 Å². The molecule has 0 unspecified atom stereocenters. The smallest absolute Gasteiger partial charge is 0.246 e. The second-order valence-corrected chi connectivity index (χ2v) is 7.41. The molecular formula is C27H22N4O. The van der Waals surface area contributed by atoms with E-state index < -0.39 is 0 Å². The van der Waals surface area contributed by atoms with Crippen molar-refractivity contribution >= 4 is 12.0 Å². The Morgan fingerprint density at radius 2 is 1.66 bits per heavy atom. The lowest BCUT2D eigenvalue weighted by Gasteiger charge is -2.15. The van der Waals surface area contributed by atoms with E-state index in [1.54, 1.807) is 36.2 Å². The number of amides is 1. The Morgan fingerprint density at radius 3 is 2.31 bits per heavy atom. The highest BCUT2D eigenvalue weighted by atomic mass is 16.2. The van der Waals surface area contributed by atoms with Crippen molar-refractivity contribution in [3.63, 3.8) is 0 Å². The lowest BCUT2D eigenvalue weighted by Crippen LogP contribution is -2.24. The first-order chi connectivity index (χ1) is 15.6. The summed E-state index contributed by atoms with van der Waals surface area (Å²) in [6.45, 7) is 0.424. The zero-order valence-electron chi connectivity index (χ0n) is 17.7. The van der Waals surface area contributed by atoms with Crippen molar-refractivity contribution < 1.29 is 4.79 Å². The molecule has 4 rings (SSSR count). The van der Waals surface area contributed by atoms with Crippen LogP contribution in [0.15, 0.2) is 97.2 Å². The third-order valence-electron chi connectivity index (χ3n) is 5.10. The van der Waals surface area contributed by atoms with Crippen LogP contribution in [-0.2, 0) is 11.3 Å². The summed E-state index contributed by atoms with van der Waals surface area (Å²) in [5.41, 5.74) is 5.24. The molecule has 3 aromatic carbocycles. The number of carbonyl (C=O) groups is 1. The fourth-order valence-corrected chi connectivity index (χ4v) is 3.37. The third-order valence-corrected chi connectivity index (χ3v) is 5.10. The number of likely N-dealkylation sites (N-methyl/N-ethyl adjacent to an activating group) is 1. The molecule has 0 N–H and O–H groups in total. The van der Waals surface area contributed by atoms with Crippen molar-refractivity contribution in [2.75, 3.05) is 7.05 Å². The first kappa shape index (κ1) is 20.8. The van der Waals surface area contributed by atoms with Gasteiger partial charge in [-0.1, -0.05) is 60.7 Å². The monoisotopic (exact) mass is 418 g/mol.